The molecule has 1 aliphatic rings. The fraction of sp³-hybridized carbons (Fsp3) is 0.812. The molecule has 0 aromatic rings. The van der Waals surface area contributed by atoms with Crippen LogP contribution in [-0.2, 0) is 4.79 Å². The van der Waals surface area contributed by atoms with Crippen molar-refractivity contribution >= 4 is 21.7 Å². The van der Waals surface area contributed by atoms with Gasteiger partial charge in [0.2, 0.25) is 0 Å². The highest BCUT2D eigenvalue weighted by atomic mass is 79.9. The average molecular weight is 315 g/mol. The number of hydrogen-bond donors (Lipinski definition) is 0. The lowest BCUT2D eigenvalue weighted by Crippen LogP contribution is -1.97. The topological polar surface area (TPSA) is 17.1 Å². The predicted octanol–water partition coefficient (Wildman–Crippen LogP) is 5.92. The number of carbonyl (C=O) groups is 1. The molecule has 0 amide bonds. The van der Waals surface area contributed by atoms with Crippen LogP contribution in [0.1, 0.15) is 83.5 Å². The van der Waals surface area contributed by atoms with Gasteiger partial charge in [-0.3, -0.25) is 4.79 Å². The largest absolute Gasteiger partial charge is 0.300 e. The van der Waals surface area contributed by atoms with Gasteiger partial charge < -0.3 is 0 Å². The lowest BCUT2D eigenvalue weighted by atomic mass is 10.0. The van der Waals surface area contributed by atoms with E-state index >= 15 is 0 Å². The Labute approximate surface area is 121 Å². The van der Waals surface area contributed by atoms with E-state index in [0.717, 1.165) is 25.7 Å². The van der Waals surface area contributed by atoms with Crippen molar-refractivity contribution in [2.24, 2.45) is 0 Å². The molecular formula is C16H27BrO. The molecule has 0 atom stereocenters. The number of Topliss-reactive ketones (excluding diaryl/α,β-unsaturated/α-hetero) is 1. The van der Waals surface area contributed by atoms with Crippen molar-refractivity contribution < 1.29 is 4.79 Å². The van der Waals surface area contributed by atoms with Crippen LogP contribution < -0.4 is 0 Å². The zero-order chi connectivity index (χ0) is 13.1. The van der Waals surface area contributed by atoms with Crippen molar-refractivity contribution in [3.8, 4) is 0 Å². The highest BCUT2D eigenvalue weighted by Crippen LogP contribution is 2.19. The Morgan fingerprint density at radius 2 is 1.22 bits per heavy atom. The summed E-state index contributed by atoms with van der Waals surface area (Å²) >= 11 is 3.66. The summed E-state index contributed by atoms with van der Waals surface area (Å²) in [5.41, 5.74) is 0. The van der Waals surface area contributed by atoms with Crippen LogP contribution in [0.5, 0.6) is 0 Å². The summed E-state index contributed by atoms with van der Waals surface area (Å²) in [5.74, 6) is 0.489. The normalized spacial score (nSPS) is 25.4. The van der Waals surface area contributed by atoms with Gasteiger partial charge in [0.15, 0.2) is 0 Å². The quantitative estimate of drug-likeness (QED) is 0.542. The fourth-order valence-electron chi connectivity index (χ4n) is 2.45. The van der Waals surface area contributed by atoms with E-state index in [1.165, 1.54) is 62.3 Å². The van der Waals surface area contributed by atoms with Crippen LogP contribution in [0.25, 0.3) is 0 Å². The first kappa shape index (κ1) is 15.9. The lowest BCUT2D eigenvalue weighted by Gasteiger charge is -2.04. The Kier molecular flexibility index (Phi) is 9.55. The highest BCUT2D eigenvalue weighted by molar-refractivity contribution is 9.11. The summed E-state index contributed by atoms with van der Waals surface area (Å²) in [4.78, 5) is 11.6. The molecule has 2 heteroatoms. The molecule has 1 nitrogen and oxygen atoms in total. The Morgan fingerprint density at radius 3 is 1.89 bits per heavy atom. The van der Waals surface area contributed by atoms with Crippen LogP contribution in [0, 0.1) is 0 Å². The Hall–Kier alpha value is -0.110. The second-order valence-corrected chi connectivity index (χ2v) is 6.43. The van der Waals surface area contributed by atoms with Crippen LogP contribution in [0.15, 0.2) is 10.6 Å². The molecule has 0 aromatic carbocycles. The van der Waals surface area contributed by atoms with Crippen molar-refractivity contribution in [3.63, 3.8) is 0 Å². The van der Waals surface area contributed by atoms with Crippen LogP contribution in [0.4, 0.5) is 0 Å². The van der Waals surface area contributed by atoms with Crippen molar-refractivity contribution in [2.45, 2.75) is 83.5 Å². The number of halogens is 1. The first-order valence-corrected chi connectivity index (χ1v) is 8.44. The summed E-state index contributed by atoms with van der Waals surface area (Å²) in [6, 6.07) is 0. The second-order valence-electron chi connectivity index (χ2n) is 5.41. The van der Waals surface area contributed by atoms with Gasteiger partial charge in [-0.05, 0) is 43.0 Å². The van der Waals surface area contributed by atoms with Crippen LogP contribution in [-0.4, -0.2) is 5.78 Å². The van der Waals surface area contributed by atoms with Crippen LogP contribution >= 0.6 is 15.9 Å². The van der Waals surface area contributed by atoms with Gasteiger partial charge in [0, 0.05) is 12.8 Å². The van der Waals surface area contributed by atoms with E-state index in [9.17, 15) is 4.79 Å². The van der Waals surface area contributed by atoms with Crippen molar-refractivity contribution in [3.05, 3.63) is 10.6 Å². The first-order valence-electron chi connectivity index (χ1n) is 7.65. The minimum absolute atomic E-state index is 0.489. The van der Waals surface area contributed by atoms with Crippen molar-refractivity contribution in [1.82, 2.24) is 0 Å². The molecule has 104 valence electrons. The van der Waals surface area contributed by atoms with E-state index in [2.05, 4.69) is 22.0 Å². The Morgan fingerprint density at radius 1 is 0.722 bits per heavy atom. The molecule has 0 aliphatic heterocycles. The maximum Gasteiger partial charge on any atom is 0.132 e. The van der Waals surface area contributed by atoms with Crippen molar-refractivity contribution in [2.75, 3.05) is 0 Å². The third kappa shape index (κ3) is 8.91. The van der Waals surface area contributed by atoms with Crippen LogP contribution in [0.3, 0.4) is 0 Å². The monoisotopic (exact) mass is 314 g/mol. The summed E-state index contributed by atoms with van der Waals surface area (Å²) in [6.45, 7) is 0. The number of ketones is 1. The molecule has 0 spiro atoms. The molecule has 0 unspecified atom stereocenters. The molecule has 0 N–H and O–H groups in total. The standard InChI is InChI=1S/C16H27BrO/c17-15-11-7-3-1-2-4-9-13-16(18)14-10-6-5-8-12-15/h11H,1-10,12-14H2/b15-11+. The number of rotatable bonds is 0. The molecular weight excluding hydrogens is 288 g/mol. The molecule has 1 aliphatic carbocycles. The Bertz CT molecular complexity index is 258. The van der Waals surface area contributed by atoms with Crippen molar-refractivity contribution in [1.29, 1.82) is 0 Å². The summed E-state index contributed by atoms with van der Waals surface area (Å²) in [6.07, 6.45) is 17.4. The van der Waals surface area contributed by atoms with E-state index in [-0.39, 0.29) is 0 Å². The molecule has 18 heavy (non-hydrogen) atoms. The summed E-state index contributed by atoms with van der Waals surface area (Å²) in [5, 5.41) is 0. The van der Waals surface area contributed by atoms with E-state index in [0.29, 0.717) is 5.78 Å². The van der Waals surface area contributed by atoms with E-state index in [4.69, 9.17) is 0 Å². The van der Waals surface area contributed by atoms with Gasteiger partial charge in [0.05, 0.1) is 0 Å². The molecule has 0 fully saturated rings. The van der Waals surface area contributed by atoms with Gasteiger partial charge in [-0.1, -0.05) is 54.1 Å². The molecule has 0 heterocycles. The smallest absolute Gasteiger partial charge is 0.132 e. The average Bonchev–Trinajstić information content (AvgIpc) is 2.35. The summed E-state index contributed by atoms with van der Waals surface area (Å²) in [7, 11) is 0. The van der Waals surface area contributed by atoms with Gasteiger partial charge in [-0.15, -0.1) is 0 Å². The van der Waals surface area contributed by atoms with Gasteiger partial charge in [0.25, 0.3) is 0 Å². The molecule has 1 rings (SSSR count). The molecule has 0 radical (unpaired) electrons. The fourth-order valence-corrected chi connectivity index (χ4v) is 2.96. The van der Waals surface area contributed by atoms with Gasteiger partial charge in [-0.25, -0.2) is 0 Å². The summed E-state index contributed by atoms with van der Waals surface area (Å²) < 4.78 is 1.38. The maximum absolute atomic E-state index is 11.6. The molecule has 0 saturated heterocycles. The van der Waals surface area contributed by atoms with Gasteiger partial charge >= 0.3 is 0 Å². The Balaban J connectivity index is 2.27. The number of allylic oxidation sites excluding steroid dienone is 2. The van der Waals surface area contributed by atoms with Crippen LogP contribution in [0.2, 0.25) is 0 Å². The minimum Gasteiger partial charge on any atom is -0.300 e. The zero-order valence-electron chi connectivity index (χ0n) is 11.6. The maximum atomic E-state index is 11.6. The molecule has 0 aromatic heterocycles. The van der Waals surface area contributed by atoms with E-state index in [1.807, 2.05) is 0 Å². The minimum atomic E-state index is 0.489. The predicted molar refractivity (Wildman–Crippen MR) is 82.0 cm³/mol. The SMILES string of the molecule is O=C1CCCCCCC/C=C(/Br)CCCCCC1. The van der Waals surface area contributed by atoms with E-state index < -0.39 is 0 Å². The first-order chi connectivity index (χ1) is 8.79. The third-order valence-corrected chi connectivity index (χ3v) is 4.37. The third-order valence-electron chi connectivity index (χ3n) is 3.65. The highest BCUT2D eigenvalue weighted by Gasteiger charge is 2.02. The number of hydrogen-bond acceptors (Lipinski definition) is 1. The van der Waals surface area contributed by atoms with Gasteiger partial charge in [-0.2, -0.15) is 0 Å². The molecule has 0 saturated carbocycles. The zero-order valence-corrected chi connectivity index (χ0v) is 13.1. The second kappa shape index (κ2) is 10.8. The van der Waals surface area contributed by atoms with E-state index in [1.54, 1.807) is 0 Å². The van der Waals surface area contributed by atoms with Gasteiger partial charge in [0.1, 0.15) is 5.78 Å². The lowest BCUT2D eigenvalue weighted by molar-refractivity contribution is -0.119. The number of carbonyl (C=O) groups excluding carboxylic acids is 1. The molecule has 0 bridgehead atoms.